The maximum absolute atomic E-state index is 13.7. The molecule has 1 aromatic heterocycles. The molecule has 1 heterocycles. The molecular weight excluding hydrogens is 267 g/mol. The largest absolute Gasteiger partial charge is 0.361 e. The first-order valence-electron chi connectivity index (χ1n) is 6.75. The van der Waals surface area contributed by atoms with Crippen LogP contribution in [-0.4, -0.2) is 10.9 Å². The van der Waals surface area contributed by atoms with Gasteiger partial charge in [0.25, 0.3) is 0 Å². The van der Waals surface area contributed by atoms with Crippen molar-refractivity contribution in [3.63, 3.8) is 0 Å². The van der Waals surface area contributed by atoms with Crippen molar-refractivity contribution in [3.05, 3.63) is 65.6 Å². The zero-order valence-corrected chi connectivity index (χ0v) is 11.6. The van der Waals surface area contributed by atoms with Crippen LogP contribution in [0.5, 0.6) is 0 Å². The molecule has 0 atom stereocenters. The third-order valence-electron chi connectivity index (χ3n) is 3.51. The van der Waals surface area contributed by atoms with E-state index in [4.69, 9.17) is 0 Å². The lowest BCUT2D eigenvalue weighted by Crippen LogP contribution is -2.16. The van der Waals surface area contributed by atoms with Crippen LogP contribution >= 0.6 is 0 Å². The topological polar surface area (TPSA) is 44.9 Å². The number of para-hydroxylation sites is 2. The number of nitrogens with one attached hydrogen (secondary N) is 2. The van der Waals surface area contributed by atoms with Crippen LogP contribution in [-0.2, 0) is 11.2 Å². The lowest BCUT2D eigenvalue weighted by molar-refractivity contribution is -0.115. The molecule has 0 unspecified atom stereocenters. The predicted octanol–water partition coefficient (Wildman–Crippen LogP) is 3.80. The lowest BCUT2D eigenvalue weighted by Gasteiger charge is -2.09. The van der Waals surface area contributed by atoms with Gasteiger partial charge in [-0.15, -0.1) is 0 Å². The molecule has 0 bridgehead atoms. The van der Waals surface area contributed by atoms with Crippen molar-refractivity contribution < 1.29 is 9.18 Å². The number of hydrogen-bond donors (Lipinski definition) is 2. The first kappa shape index (κ1) is 13.4. The van der Waals surface area contributed by atoms with Crippen molar-refractivity contribution in [2.24, 2.45) is 0 Å². The third kappa shape index (κ3) is 2.65. The molecule has 0 saturated heterocycles. The number of anilines is 1. The second-order valence-electron chi connectivity index (χ2n) is 5.02. The van der Waals surface area contributed by atoms with Crippen LogP contribution in [0, 0.1) is 12.7 Å². The second kappa shape index (κ2) is 5.40. The number of H-pyrrole nitrogens is 1. The molecule has 0 aliphatic carbocycles. The van der Waals surface area contributed by atoms with Crippen LogP contribution in [0.25, 0.3) is 10.9 Å². The van der Waals surface area contributed by atoms with Gasteiger partial charge < -0.3 is 10.3 Å². The average molecular weight is 282 g/mol. The Morgan fingerprint density at radius 1 is 1.19 bits per heavy atom. The number of aromatic nitrogens is 1. The first-order valence-corrected chi connectivity index (χ1v) is 6.75. The van der Waals surface area contributed by atoms with Gasteiger partial charge in [-0.3, -0.25) is 4.79 Å². The van der Waals surface area contributed by atoms with Gasteiger partial charge in [0.05, 0.1) is 12.1 Å². The van der Waals surface area contributed by atoms with Crippen molar-refractivity contribution in [1.29, 1.82) is 0 Å². The highest BCUT2D eigenvalue weighted by Gasteiger charge is 2.12. The summed E-state index contributed by atoms with van der Waals surface area (Å²) in [7, 11) is 0. The number of halogens is 1. The number of hydrogen-bond acceptors (Lipinski definition) is 1. The molecule has 2 N–H and O–H groups in total. The van der Waals surface area contributed by atoms with Gasteiger partial charge >= 0.3 is 0 Å². The van der Waals surface area contributed by atoms with Crippen molar-refractivity contribution in [2.75, 3.05) is 5.32 Å². The zero-order valence-electron chi connectivity index (χ0n) is 11.6. The number of aryl methyl sites for hydroxylation is 1. The number of aromatic amines is 1. The van der Waals surface area contributed by atoms with E-state index in [1.165, 1.54) is 6.07 Å². The molecule has 2 aromatic carbocycles. The monoisotopic (exact) mass is 282 g/mol. The number of fused-ring (bicyclic) bond motifs is 1. The number of rotatable bonds is 3. The molecule has 0 spiro atoms. The van der Waals surface area contributed by atoms with Crippen LogP contribution in [0.3, 0.4) is 0 Å². The van der Waals surface area contributed by atoms with Gasteiger partial charge in [0, 0.05) is 17.1 Å². The molecule has 3 rings (SSSR count). The van der Waals surface area contributed by atoms with E-state index >= 15 is 0 Å². The summed E-state index contributed by atoms with van der Waals surface area (Å²) in [5.74, 6) is -0.643. The molecule has 1 amide bonds. The van der Waals surface area contributed by atoms with E-state index in [0.29, 0.717) is 5.56 Å². The predicted molar refractivity (Wildman–Crippen MR) is 81.8 cm³/mol. The fraction of sp³-hybridized carbons (Fsp3) is 0.118. The fourth-order valence-electron chi connectivity index (χ4n) is 2.42. The maximum atomic E-state index is 13.7. The van der Waals surface area contributed by atoms with E-state index in [1.807, 2.05) is 30.5 Å². The number of carbonyl (C=O) groups excluding carboxylic acids is 1. The molecule has 21 heavy (non-hydrogen) atoms. The Bertz CT molecular complexity index is 787. The Labute approximate surface area is 121 Å². The van der Waals surface area contributed by atoms with Crippen molar-refractivity contribution in [1.82, 2.24) is 4.98 Å². The van der Waals surface area contributed by atoms with Gasteiger partial charge in [-0.1, -0.05) is 30.3 Å². The fourth-order valence-corrected chi connectivity index (χ4v) is 2.42. The van der Waals surface area contributed by atoms with E-state index < -0.39 is 5.82 Å². The van der Waals surface area contributed by atoms with E-state index in [2.05, 4.69) is 10.3 Å². The highest BCUT2D eigenvalue weighted by molar-refractivity contribution is 5.96. The summed E-state index contributed by atoms with van der Waals surface area (Å²) >= 11 is 0. The van der Waals surface area contributed by atoms with E-state index in [9.17, 15) is 9.18 Å². The number of carbonyl (C=O) groups is 1. The Hall–Kier alpha value is -2.62. The van der Waals surface area contributed by atoms with Crippen LogP contribution in [0.1, 0.15) is 11.1 Å². The highest BCUT2D eigenvalue weighted by Crippen LogP contribution is 2.21. The van der Waals surface area contributed by atoms with Crippen LogP contribution in [0.2, 0.25) is 0 Å². The first-order chi connectivity index (χ1) is 10.1. The smallest absolute Gasteiger partial charge is 0.228 e. The molecule has 0 aliphatic heterocycles. The summed E-state index contributed by atoms with van der Waals surface area (Å²) in [6, 6.07) is 12.5. The summed E-state index contributed by atoms with van der Waals surface area (Å²) in [4.78, 5) is 15.3. The van der Waals surface area contributed by atoms with Crippen LogP contribution < -0.4 is 5.32 Å². The quantitative estimate of drug-likeness (QED) is 0.754. The van der Waals surface area contributed by atoms with Crippen molar-refractivity contribution in [3.8, 4) is 0 Å². The number of amides is 1. The zero-order chi connectivity index (χ0) is 14.8. The van der Waals surface area contributed by atoms with E-state index in [1.54, 1.807) is 19.1 Å². The molecule has 4 heteroatoms. The molecule has 3 nitrogen and oxygen atoms in total. The molecule has 0 radical (unpaired) electrons. The van der Waals surface area contributed by atoms with Gasteiger partial charge in [-0.05, 0) is 30.2 Å². The summed E-state index contributed by atoms with van der Waals surface area (Å²) in [5.41, 5.74) is 2.85. The Morgan fingerprint density at radius 3 is 2.81 bits per heavy atom. The van der Waals surface area contributed by atoms with Gasteiger partial charge in [-0.2, -0.15) is 0 Å². The molecule has 0 aliphatic rings. The Kier molecular flexibility index (Phi) is 3.44. The summed E-state index contributed by atoms with van der Waals surface area (Å²) < 4.78 is 13.7. The molecular formula is C17H15FN2O. The molecule has 3 aromatic rings. The normalized spacial score (nSPS) is 10.8. The van der Waals surface area contributed by atoms with E-state index in [0.717, 1.165) is 16.5 Å². The van der Waals surface area contributed by atoms with Gasteiger partial charge in [-0.25, -0.2) is 4.39 Å². The Balaban J connectivity index is 1.81. The standard InChI is InChI=1S/C17H15FN2O/c1-11-5-4-7-14(18)17(11)20-16(21)9-12-10-19-15-8-3-2-6-13(12)15/h2-8,10,19H,9H2,1H3,(H,20,21). The minimum absolute atomic E-state index is 0.206. The minimum atomic E-state index is -0.415. The maximum Gasteiger partial charge on any atom is 0.228 e. The van der Waals surface area contributed by atoms with Gasteiger partial charge in [0.15, 0.2) is 0 Å². The molecule has 106 valence electrons. The van der Waals surface area contributed by atoms with Crippen LogP contribution in [0.4, 0.5) is 10.1 Å². The van der Waals surface area contributed by atoms with Crippen molar-refractivity contribution >= 4 is 22.5 Å². The van der Waals surface area contributed by atoms with Crippen molar-refractivity contribution in [2.45, 2.75) is 13.3 Å². The minimum Gasteiger partial charge on any atom is -0.361 e. The summed E-state index contributed by atoms with van der Waals surface area (Å²) in [5, 5.41) is 3.67. The summed E-state index contributed by atoms with van der Waals surface area (Å²) in [6.07, 6.45) is 2.02. The average Bonchev–Trinajstić information content (AvgIpc) is 2.87. The second-order valence-corrected chi connectivity index (χ2v) is 5.02. The third-order valence-corrected chi connectivity index (χ3v) is 3.51. The Morgan fingerprint density at radius 2 is 2.00 bits per heavy atom. The highest BCUT2D eigenvalue weighted by atomic mass is 19.1. The van der Waals surface area contributed by atoms with E-state index in [-0.39, 0.29) is 18.0 Å². The van der Waals surface area contributed by atoms with Gasteiger partial charge in [0.2, 0.25) is 5.91 Å². The van der Waals surface area contributed by atoms with Crippen LogP contribution in [0.15, 0.2) is 48.7 Å². The number of benzene rings is 2. The molecule has 0 fully saturated rings. The van der Waals surface area contributed by atoms with Gasteiger partial charge in [0.1, 0.15) is 5.82 Å². The summed E-state index contributed by atoms with van der Waals surface area (Å²) in [6.45, 7) is 1.77. The molecule has 0 saturated carbocycles. The SMILES string of the molecule is Cc1cccc(F)c1NC(=O)Cc1c[nH]c2ccccc12. The lowest BCUT2D eigenvalue weighted by atomic mass is 10.1.